The Bertz CT molecular complexity index is 600. The van der Waals surface area contributed by atoms with E-state index < -0.39 is 5.82 Å². The number of nitrogens with zero attached hydrogens (tertiary/aromatic N) is 1. The number of carbonyl (C=O) groups excluding carboxylic acids is 1. The van der Waals surface area contributed by atoms with Gasteiger partial charge in [0.1, 0.15) is 11.5 Å². The summed E-state index contributed by atoms with van der Waals surface area (Å²) in [5.41, 5.74) is 6.17. The van der Waals surface area contributed by atoms with Gasteiger partial charge in [-0.25, -0.2) is 4.39 Å². The van der Waals surface area contributed by atoms with Gasteiger partial charge in [0.05, 0.1) is 12.2 Å². The third-order valence-electron chi connectivity index (χ3n) is 2.76. The van der Waals surface area contributed by atoms with Gasteiger partial charge in [-0.1, -0.05) is 12.1 Å². The summed E-state index contributed by atoms with van der Waals surface area (Å²) < 4.78 is 18.6. The smallest absolute Gasteiger partial charge is 0.265 e. The van der Waals surface area contributed by atoms with Crippen LogP contribution in [0.15, 0.2) is 35.7 Å². The van der Waals surface area contributed by atoms with E-state index in [0.717, 1.165) is 0 Å². The van der Waals surface area contributed by atoms with Crippen molar-refractivity contribution in [3.63, 3.8) is 0 Å². The number of halogens is 1. The van der Waals surface area contributed by atoms with Crippen LogP contribution in [0.3, 0.4) is 0 Å². The van der Waals surface area contributed by atoms with Crippen molar-refractivity contribution in [1.29, 1.82) is 0 Å². The van der Waals surface area contributed by atoms with Crippen molar-refractivity contribution in [3.05, 3.63) is 46.4 Å². The van der Waals surface area contributed by atoms with Gasteiger partial charge in [0, 0.05) is 7.05 Å². The molecule has 0 aliphatic heterocycles. The summed E-state index contributed by atoms with van der Waals surface area (Å²) >= 11 is 1.30. The van der Waals surface area contributed by atoms with Crippen LogP contribution < -0.4 is 10.5 Å². The molecule has 6 heteroatoms. The maximum absolute atomic E-state index is 13.3. The minimum Gasteiger partial charge on any atom is -0.489 e. The molecule has 4 nitrogen and oxygen atoms in total. The molecule has 0 saturated carbocycles. The first-order valence-electron chi connectivity index (χ1n) is 6.05. The number of hydrogen-bond acceptors (Lipinski definition) is 4. The predicted molar refractivity (Wildman–Crippen MR) is 77.6 cm³/mol. The highest BCUT2D eigenvalue weighted by atomic mass is 32.1. The lowest BCUT2D eigenvalue weighted by molar-refractivity contribution is 0.0778. The maximum atomic E-state index is 13.3. The van der Waals surface area contributed by atoms with E-state index in [9.17, 15) is 9.18 Å². The second kappa shape index (κ2) is 6.38. The van der Waals surface area contributed by atoms with Gasteiger partial charge < -0.3 is 15.4 Å². The van der Waals surface area contributed by atoms with E-state index in [0.29, 0.717) is 17.1 Å². The Hall–Kier alpha value is -2.08. The second-order valence-corrected chi connectivity index (χ2v) is 5.13. The third kappa shape index (κ3) is 3.27. The summed E-state index contributed by atoms with van der Waals surface area (Å²) in [5.74, 6) is -0.386. The lowest BCUT2D eigenvalue weighted by Crippen LogP contribution is -2.30. The average molecular weight is 294 g/mol. The van der Waals surface area contributed by atoms with Crippen molar-refractivity contribution >= 4 is 22.9 Å². The van der Waals surface area contributed by atoms with Gasteiger partial charge in [-0.2, -0.15) is 0 Å². The first-order valence-corrected chi connectivity index (χ1v) is 6.93. The Kier molecular flexibility index (Phi) is 4.57. The molecule has 0 unspecified atom stereocenters. The topological polar surface area (TPSA) is 55.6 Å². The van der Waals surface area contributed by atoms with Crippen molar-refractivity contribution < 1.29 is 13.9 Å². The minimum absolute atomic E-state index is 0.158. The zero-order valence-corrected chi connectivity index (χ0v) is 11.8. The summed E-state index contributed by atoms with van der Waals surface area (Å²) in [6.45, 7) is 0.568. The molecule has 0 fully saturated rings. The first kappa shape index (κ1) is 14.3. The number of ether oxygens (including phenoxy) is 1. The maximum Gasteiger partial charge on any atom is 0.265 e. The quantitative estimate of drug-likeness (QED) is 0.922. The van der Waals surface area contributed by atoms with Crippen molar-refractivity contribution in [3.8, 4) is 5.75 Å². The molecule has 0 aliphatic rings. The number of hydrogen-bond donors (Lipinski definition) is 1. The molecule has 106 valence electrons. The lowest BCUT2D eigenvalue weighted by atomic mass is 10.3. The molecule has 2 aromatic rings. The van der Waals surface area contributed by atoms with E-state index >= 15 is 0 Å². The Balaban J connectivity index is 1.87. The third-order valence-corrected chi connectivity index (χ3v) is 3.68. The molecule has 1 aromatic carbocycles. The number of nitrogen functional groups attached to an aromatic ring is 1. The second-order valence-electron chi connectivity index (χ2n) is 4.21. The van der Waals surface area contributed by atoms with Crippen LogP contribution in [0.4, 0.5) is 10.1 Å². The zero-order valence-electron chi connectivity index (χ0n) is 11.0. The van der Waals surface area contributed by atoms with E-state index in [1.807, 2.05) is 0 Å². The highest BCUT2D eigenvalue weighted by molar-refractivity contribution is 7.12. The van der Waals surface area contributed by atoms with Crippen LogP contribution in [0.25, 0.3) is 0 Å². The molecule has 1 aromatic heterocycles. The minimum atomic E-state index is -0.413. The van der Waals surface area contributed by atoms with Gasteiger partial charge in [-0.15, -0.1) is 11.3 Å². The highest BCUT2D eigenvalue weighted by Gasteiger charge is 2.16. The van der Waals surface area contributed by atoms with Gasteiger partial charge in [-0.3, -0.25) is 4.79 Å². The van der Waals surface area contributed by atoms with Crippen molar-refractivity contribution in [1.82, 2.24) is 4.90 Å². The Labute approximate surface area is 120 Å². The summed E-state index contributed by atoms with van der Waals surface area (Å²) in [5, 5.41) is 1.77. The summed E-state index contributed by atoms with van der Waals surface area (Å²) in [4.78, 5) is 14.1. The van der Waals surface area contributed by atoms with E-state index in [2.05, 4.69) is 0 Å². The molecule has 0 bridgehead atoms. The number of carbonyl (C=O) groups is 1. The number of likely N-dealkylation sites (N-methyl/N-ethyl adjacent to an activating group) is 1. The van der Waals surface area contributed by atoms with Crippen molar-refractivity contribution in [2.24, 2.45) is 0 Å². The average Bonchev–Trinajstić information content (AvgIpc) is 2.86. The Morgan fingerprint density at radius 3 is 2.80 bits per heavy atom. The van der Waals surface area contributed by atoms with E-state index in [1.165, 1.54) is 22.3 Å². The van der Waals surface area contributed by atoms with Crippen LogP contribution in [0.2, 0.25) is 0 Å². The summed E-state index contributed by atoms with van der Waals surface area (Å²) in [6.07, 6.45) is 0. The monoisotopic (exact) mass is 294 g/mol. The van der Waals surface area contributed by atoms with Crippen LogP contribution in [-0.4, -0.2) is 31.0 Å². The SMILES string of the molecule is CN(CCOc1ccccc1F)C(=O)c1sccc1N. The van der Waals surface area contributed by atoms with E-state index in [-0.39, 0.29) is 18.3 Å². The Morgan fingerprint density at radius 1 is 1.40 bits per heavy atom. The van der Waals surface area contributed by atoms with Gasteiger partial charge in [0.2, 0.25) is 0 Å². The van der Waals surface area contributed by atoms with Crippen LogP contribution in [0, 0.1) is 5.82 Å². The fraction of sp³-hybridized carbons (Fsp3) is 0.214. The van der Waals surface area contributed by atoms with Crippen molar-refractivity contribution in [2.45, 2.75) is 0 Å². The molecule has 2 rings (SSSR count). The van der Waals surface area contributed by atoms with Gasteiger partial charge in [0.15, 0.2) is 11.6 Å². The standard InChI is InChI=1S/C14H15FN2O2S/c1-17(14(18)13-11(16)6-9-20-13)7-8-19-12-5-3-2-4-10(12)15/h2-6,9H,7-8,16H2,1H3. The first-order chi connectivity index (χ1) is 9.59. The summed E-state index contributed by atoms with van der Waals surface area (Å²) in [6, 6.07) is 7.86. The number of nitrogens with two attached hydrogens (primary N) is 1. The van der Waals surface area contributed by atoms with Crippen LogP contribution in [-0.2, 0) is 0 Å². The number of para-hydroxylation sites is 1. The van der Waals surface area contributed by atoms with Gasteiger partial charge in [-0.05, 0) is 23.6 Å². The number of benzene rings is 1. The molecule has 1 amide bonds. The van der Waals surface area contributed by atoms with E-state index in [1.54, 1.807) is 36.7 Å². The van der Waals surface area contributed by atoms with Gasteiger partial charge >= 0.3 is 0 Å². The molecule has 20 heavy (non-hydrogen) atoms. The molecule has 0 aliphatic carbocycles. The van der Waals surface area contributed by atoms with Crippen LogP contribution in [0.5, 0.6) is 5.75 Å². The molecule has 0 atom stereocenters. The fourth-order valence-electron chi connectivity index (χ4n) is 1.62. The van der Waals surface area contributed by atoms with E-state index in [4.69, 9.17) is 10.5 Å². The molecule has 0 spiro atoms. The highest BCUT2D eigenvalue weighted by Crippen LogP contribution is 2.20. The molecule has 0 saturated heterocycles. The number of thiophene rings is 1. The molecular weight excluding hydrogens is 279 g/mol. The number of anilines is 1. The summed E-state index contributed by atoms with van der Waals surface area (Å²) in [7, 11) is 1.66. The zero-order chi connectivity index (χ0) is 14.5. The molecule has 2 N–H and O–H groups in total. The molecule has 1 heterocycles. The Morgan fingerprint density at radius 2 is 2.15 bits per heavy atom. The molecular formula is C14H15FN2O2S. The molecule has 0 radical (unpaired) electrons. The lowest BCUT2D eigenvalue weighted by Gasteiger charge is -2.17. The van der Waals surface area contributed by atoms with Crippen LogP contribution >= 0.6 is 11.3 Å². The predicted octanol–water partition coefficient (Wildman–Crippen LogP) is 2.62. The normalized spacial score (nSPS) is 10.3. The van der Waals surface area contributed by atoms with Gasteiger partial charge in [0.25, 0.3) is 5.91 Å². The number of rotatable bonds is 5. The fourth-order valence-corrected chi connectivity index (χ4v) is 2.43. The van der Waals surface area contributed by atoms with Crippen LogP contribution in [0.1, 0.15) is 9.67 Å². The largest absolute Gasteiger partial charge is 0.489 e. The number of amides is 1. The van der Waals surface area contributed by atoms with Crippen molar-refractivity contribution in [2.75, 3.05) is 25.9 Å².